The van der Waals surface area contributed by atoms with E-state index in [-0.39, 0.29) is 16.9 Å². The van der Waals surface area contributed by atoms with Gasteiger partial charge >= 0.3 is 0 Å². The van der Waals surface area contributed by atoms with Crippen LogP contribution in [0.1, 0.15) is 16.7 Å². The molecule has 2 N–H and O–H groups in total. The standard InChI is InChI=1S/C12H11NO3S/c1-6-3-8(4-7(2)10(6)14)5-9-11(15)13-12(16)17-9/h3-5,14H,1-2H3,(H,13,15,16)/b9-5+. The van der Waals surface area contributed by atoms with Crippen molar-refractivity contribution < 1.29 is 14.7 Å². The second-order valence-corrected chi connectivity index (χ2v) is 4.87. The number of phenols is 1. The number of thioether (sulfide) groups is 1. The summed E-state index contributed by atoms with van der Waals surface area (Å²) in [6.45, 7) is 3.58. The Morgan fingerprint density at radius 1 is 1.24 bits per heavy atom. The van der Waals surface area contributed by atoms with E-state index in [0.717, 1.165) is 28.5 Å². The minimum atomic E-state index is -0.372. The van der Waals surface area contributed by atoms with Crippen LogP contribution >= 0.6 is 11.8 Å². The summed E-state index contributed by atoms with van der Waals surface area (Å²) in [5, 5.41) is 11.5. The number of carbonyl (C=O) groups is 2. The molecule has 1 fully saturated rings. The van der Waals surface area contributed by atoms with Crippen molar-refractivity contribution >= 4 is 29.0 Å². The number of rotatable bonds is 1. The number of aromatic hydroxyl groups is 1. The van der Waals surface area contributed by atoms with Gasteiger partial charge in [-0.25, -0.2) is 0 Å². The van der Waals surface area contributed by atoms with Gasteiger partial charge in [0.1, 0.15) is 5.75 Å². The lowest BCUT2D eigenvalue weighted by atomic mass is 10.1. The fourth-order valence-electron chi connectivity index (χ4n) is 1.65. The largest absolute Gasteiger partial charge is 0.507 e. The molecule has 0 atom stereocenters. The molecule has 0 aliphatic carbocycles. The van der Waals surface area contributed by atoms with Gasteiger partial charge in [-0.1, -0.05) is 0 Å². The van der Waals surface area contributed by atoms with Gasteiger partial charge in [0.2, 0.25) is 0 Å². The lowest BCUT2D eigenvalue weighted by Crippen LogP contribution is -2.17. The lowest BCUT2D eigenvalue weighted by molar-refractivity contribution is -0.115. The number of nitrogens with one attached hydrogen (secondary N) is 1. The van der Waals surface area contributed by atoms with Crippen LogP contribution in [0.25, 0.3) is 6.08 Å². The first-order chi connectivity index (χ1) is 7.97. The number of phenolic OH excluding ortho intramolecular Hbond substituents is 1. The van der Waals surface area contributed by atoms with E-state index < -0.39 is 0 Å². The van der Waals surface area contributed by atoms with Crippen LogP contribution in [-0.4, -0.2) is 16.3 Å². The van der Waals surface area contributed by atoms with Crippen molar-refractivity contribution in [3.63, 3.8) is 0 Å². The highest BCUT2D eigenvalue weighted by atomic mass is 32.2. The third-order valence-electron chi connectivity index (χ3n) is 2.45. The molecule has 2 amide bonds. The number of aryl methyl sites for hydroxylation is 2. The maximum Gasteiger partial charge on any atom is 0.290 e. The molecule has 0 unspecified atom stereocenters. The van der Waals surface area contributed by atoms with Crippen LogP contribution in [0.2, 0.25) is 0 Å². The first-order valence-electron chi connectivity index (χ1n) is 5.02. The molecule has 1 aromatic carbocycles. The summed E-state index contributed by atoms with van der Waals surface area (Å²) in [6, 6.07) is 3.54. The number of amides is 2. The van der Waals surface area contributed by atoms with Crippen molar-refractivity contribution in [1.82, 2.24) is 5.32 Å². The van der Waals surface area contributed by atoms with Crippen LogP contribution in [0.15, 0.2) is 17.0 Å². The molecular weight excluding hydrogens is 238 g/mol. The Labute approximate surface area is 103 Å². The number of carbonyl (C=O) groups excluding carboxylic acids is 2. The van der Waals surface area contributed by atoms with Gasteiger partial charge < -0.3 is 5.11 Å². The third kappa shape index (κ3) is 2.34. The Hall–Kier alpha value is -1.75. The molecule has 0 saturated carbocycles. The number of benzene rings is 1. The molecular formula is C12H11NO3S. The number of hydrogen-bond acceptors (Lipinski definition) is 4. The van der Waals surface area contributed by atoms with E-state index in [1.165, 1.54) is 0 Å². The summed E-state index contributed by atoms with van der Waals surface area (Å²) in [6.07, 6.45) is 1.64. The molecule has 0 radical (unpaired) electrons. The Morgan fingerprint density at radius 3 is 2.29 bits per heavy atom. The number of hydrogen-bond donors (Lipinski definition) is 2. The van der Waals surface area contributed by atoms with Crippen molar-refractivity contribution in [3.05, 3.63) is 33.7 Å². The van der Waals surface area contributed by atoms with Crippen molar-refractivity contribution in [2.24, 2.45) is 0 Å². The monoisotopic (exact) mass is 249 g/mol. The quantitative estimate of drug-likeness (QED) is 0.750. The molecule has 2 rings (SSSR count). The smallest absolute Gasteiger partial charge is 0.290 e. The molecule has 1 saturated heterocycles. The number of imide groups is 1. The van der Waals surface area contributed by atoms with E-state index >= 15 is 0 Å². The average Bonchev–Trinajstić information content (AvgIpc) is 2.54. The van der Waals surface area contributed by atoms with Gasteiger partial charge in [-0.3, -0.25) is 14.9 Å². The molecule has 88 valence electrons. The molecule has 0 spiro atoms. The van der Waals surface area contributed by atoms with Crippen molar-refractivity contribution in [2.75, 3.05) is 0 Å². The van der Waals surface area contributed by atoms with E-state index in [9.17, 15) is 14.7 Å². The predicted molar refractivity (Wildman–Crippen MR) is 66.7 cm³/mol. The zero-order valence-electron chi connectivity index (χ0n) is 9.40. The van der Waals surface area contributed by atoms with Crippen LogP contribution in [0.4, 0.5) is 4.79 Å². The minimum Gasteiger partial charge on any atom is -0.507 e. The van der Waals surface area contributed by atoms with E-state index in [2.05, 4.69) is 5.32 Å². The SMILES string of the molecule is Cc1cc(/C=C2/SC(=O)NC2=O)cc(C)c1O. The molecule has 5 heteroatoms. The molecule has 17 heavy (non-hydrogen) atoms. The molecule has 4 nitrogen and oxygen atoms in total. The average molecular weight is 249 g/mol. The van der Waals surface area contributed by atoms with Gasteiger partial charge in [0.25, 0.3) is 11.1 Å². The van der Waals surface area contributed by atoms with Gasteiger partial charge in [0, 0.05) is 0 Å². The van der Waals surface area contributed by atoms with Crippen molar-refractivity contribution in [2.45, 2.75) is 13.8 Å². The Morgan fingerprint density at radius 2 is 1.82 bits per heavy atom. The van der Waals surface area contributed by atoms with Crippen molar-refractivity contribution in [1.29, 1.82) is 0 Å². The highest BCUT2D eigenvalue weighted by Crippen LogP contribution is 2.28. The first-order valence-corrected chi connectivity index (χ1v) is 5.84. The van der Waals surface area contributed by atoms with Crippen molar-refractivity contribution in [3.8, 4) is 5.75 Å². The Bertz CT molecular complexity index is 526. The first kappa shape index (κ1) is 11.7. The maximum absolute atomic E-state index is 11.4. The molecule has 1 aliphatic heterocycles. The van der Waals surface area contributed by atoms with Crippen LogP contribution in [-0.2, 0) is 4.79 Å². The zero-order chi connectivity index (χ0) is 12.6. The van der Waals surface area contributed by atoms with E-state index in [4.69, 9.17) is 0 Å². The molecule has 1 aromatic rings. The molecule has 1 heterocycles. The second-order valence-electron chi connectivity index (χ2n) is 3.86. The summed E-state index contributed by atoms with van der Waals surface area (Å²) < 4.78 is 0. The summed E-state index contributed by atoms with van der Waals surface area (Å²) in [7, 11) is 0. The Balaban J connectivity index is 2.40. The van der Waals surface area contributed by atoms with Gasteiger partial charge in [-0.05, 0) is 60.5 Å². The van der Waals surface area contributed by atoms with Gasteiger partial charge in [0.15, 0.2) is 0 Å². The highest BCUT2D eigenvalue weighted by molar-refractivity contribution is 8.18. The fourth-order valence-corrected chi connectivity index (χ4v) is 2.33. The Kier molecular flexibility index (Phi) is 2.93. The molecule has 0 bridgehead atoms. The third-order valence-corrected chi connectivity index (χ3v) is 3.26. The summed E-state index contributed by atoms with van der Waals surface area (Å²) in [5.41, 5.74) is 2.28. The van der Waals surface area contributed by atoms with Gasteiger partial charge in [-0.2, -0.15) is 0 Å². The normalized spacial score (nSPS) is 17.6. The van der Waals surface area contributed by atoms with E-state index in [0.29, 0.717) is 4.91 Å². The topological polar surface area (TPSA) is 66.4 Å². The lowest BCUT2D eigenvalue weighted by Gasteiger charge is -2.04. The van der Waals surface area contributed by atoms with Gasteiger partial charge in [0.05, 0.1) is 4.91 Å². The summed E-state index contributed by atoms with van der Waals surface area (Å²) in [4.78, 5) is 22.7. The molecule has 1 aliphatic rings. The fraction of sp³-hybridized carbons (Fsp3) is 0.167. The van der Waals surface area contributed by atoms with Crippen LogP contribution < -0.4 is 5.32 Å². The highest BCUT2D eigenvalue weighted by Gasteiger charge is 2.24. The van der Waals surface area contributed by atoms with E-state index in [1.54, 1.807) is 32.1 Å². The van der Waals surface area contributed by atoms with Crippen LogP contribution in [0.5, 0.6) is 5.75 Å². The minimum absolute atomic E-state index is 0.256. The maximum atomic E-state index is 11.4. The zero-order valence-corrected chi connectivity index (χ0v) is 10.2. The second kappa shape index (κ2) is 4.25. The molecule has 0 aromatic heterocycles. The van der Waals surface area contributed by atoms with E-state index in [1.807, 2.05) is 0 Å². The van der Waals surface area contributed by atoms with Crippen LogP contribution in [0, 0.1) is 13.8 Å². The predicted octanol–water partition coefficient (Wildman–Crippen LogP) is 2.33. The summed E-state index contributed by atoms with van der Waals surface area (Å²) in [5.74, 6) is -0.116. The summed E-state index contributed by atoms with van der Waals surface area (Å²) >= 11 is 0.883. The van der Waals surface area contributed by atoms with Gasteiger partial charge in [-0.15, -0.1) is 0 Å². The van der Waals surface area contributed by atoms with Crippen LogP contribution in [0.3, 0.4) is 0 Å².